The molecule has 1 aliphatic carbocycles. The number of rotatable bonds is 3. The van der Waals surface area contributed by atoms with Crippen LogP contribution in [0.2, 0.25) is 0 Å². The SMILES string of the molecule is Cc1cnn(C2CCCC2)c1NC(=O)N1CCOC(C(N)=O)C1. The summed E-state index contributed by atoms with van der Waals surface area (Å²) in [5.74, 6) is 0.193. The molecule has 0 aromatic carbocycles. The average molecular weight is 321 g/mol. The van der Waals surface area contributed by atoms with Gasteiger partial charge in [0.25, 0.3) is 0 Å². The van der Waals surface area contributed by atoms with Crippen molar-refractivity contribution >= 4 is 17.8 Å². The zero-order valence-electron chi connectivity index (χ0n) is 13.3. The number of aromatic nitrogens is 2. The van der Waals surface area contributed by atoms with Gasteiger partial charge in [-0.1, -0.05) is 12.8 Å². The fourth-order valence-electron chi connectivity index (χ4n) is 3.22. The molecule has 0 bridgehead atoms. The second-order valence-corrected chi connectivity index (χ2v) is 6.20. The minimum Gasteiger partial charge on any atom is -0.367 e. The standard InChI is InChI=1S/C15H23N5O3/c1-10-8-17-20(11-4-2-3-5-11)14(10)18-15(22)19-6-7-23-12(9-19)13(16)21/h8,11-12H,2-7,9H2,1H3,(H2,16,21)(H,18,22). The van der Waals surface area contributed by atoms with E-state index in [1.807, 2.05) is 11.6 Å². The van der Waals surface area contributed by atoms with Gasteiger partial charge in [0.05, 0.1) is 25.4 Å². The fourth-order valence-corrected chi connectivity index (χ4v) is 3.22. The van der Waals surface area contributed by atoms with E-state index in [0.29, 0.717) is 19.2 Å². The Morgan fingerprint density at radius 1 is 1.39 bits per heavy atom. The molecule has 1 saturated heterocycles. The van der Waals surface area contributed by atoms with Crippen LogP contribution in [0, 0.1) is 6.92 Å². The third kappa shape index (κ3) is 3.31. The predicted molar refractivity (Wildman–Crippen MR) is 84.0 cm³/mol. The molecule has 23 heavy (non-hydrogen) atoms. The molecule has 1 unspecified atom stereocenters. The number of hydrogen-bond donors (Lipinski definition) is 2. The average Bonchev–Trinajstić information content (AvgIpc) is 3.18. The Labute approximate surface area is 134 Å². The quantitative estimate of drug-likeness (QED) is 0.867. The van der Waals surface area contributed by atoms with Gasteiger partial charge in [0.2, 0.25) is 5.91 Å². The van der Waals surface area contributed by atoms with Gasteiger partial charge in [-0.3, -0.25) is 10.1 Å². The Hall–Kier alpha value is -2.09. The van der Waals surface area contributed by atoms with Crippen molar-refractivity contribution in [2.75, 3.05) is 25.0 Å². The highest BCUT2D eigenvalue weighted by Gasteiger charge is 2.29. The normalized spacial score (nSPS) is 22.3. The van der Waals surface area contributed by atoms with E-state index in [0.717, 1.165) is 24.2 Å². The molecule has 3 rings (SSSR count). The Morgan fingerprint density at radius 3 is 2.83 bits per heavy atom. The summed E-state index contributed by atoms with van der Waals surface area (Å²) in [5.41, 5.74) is 6.20. The first-order chi connectivity index (χ1) is 11.1. The molecule has 3 N–H and O–H groups in total. The second-order valence-electron chi connectivity index (χ2n) is 6.20. The molecule has 2 fully saturated rings. The van der Waals surface area contributed by atoms with Gasteiger partial charge in [-0.15, -0.1) is 0 Å². The van der Waals surface area contributed by atoms with Crippen molar-refractivity contribution in [2.45, 2.75) is 44.8 Å². The van der Waals surface area contributed by atoms with Gasteiger partial charge in [0.15, 0.2) is 6.10 Å². The molecule has 1 aromatic rings. The van der Waals surface area contributed by atoms with E-state index in [1.54, 1.807) is 11.1 Å². The molecular weight excluding hydrogens is 298 g/mol. The van der Waals surface area contributed by atoms with Crippen molar-refractivity contribution < 1.29 is 14.3 Å². The van der Waals surface area contributed by atoms with Gasteiger partial charge >= 0.3 is 6.03 Å². The monoisotopic (exact) mass is 321 g/mol. The summed E-state index contributed by atoms with van der Waals surface area (Å²) >= 11 is 0. The first kappa shape index (κ1) is 15.8. The number of anilines is 1. The number of primary amides is 1. The maximum atomic E-state index is 12.5. The van der Waals surface area contributed by atoms with Crippen molar-refractivity contribution in [1.29, 1.82) is 0 Å². The van der Waals surface area contributed by atoms with E-state index in [-0.39, 0.29) is 12.6 Å². The molecule has 3 amide bonds. The predicted octanol–water partition coefficient (Wildman–Crippen LogP) is 1.02. The number of hydrogen-bond acceptors (Lipinski definition) is 4. The maximum Gasteiger partial charge on any atom is 0.323 e. The molecule has 8 heteroatoms. The Balaban J connectivity index is 1.70. The first-order valence-electron chi connectivity index (χ1n) is 8.07. The number of carbonyl (C=O) groups is 2. The summed E-state index contributed by atoms with van der Waals surface area (Å²) in [6.07, 6.45) is 5.60. The molecule has 1 saturated carbocycles. The minimum absolute atomic E-state index is 0.178. The van der Waals surface area contributed by atoms with Crippen LogP contribution < -0.4 is 11.1 Å². The number of nitrogens with zero attached hydrogens (tertiary/aromatic N) is 3. The molecule has 1 aromatic heterocycles. The summed E-state index contributed by atoms with van der Waals surface area (Å²) in [6.45, 7) is 2.85. The third-order valence-corrected chi connectivity index (χ3v) is 4.55. The van der Waals surface area contributed by atoms with Gasteiger partial charge in [-0.2, -0.15) is 5.10 Å². The molecule has 0 spiro atoms. The number of carbonyl (C=O) groups excluding carboxylic acids is 2. The van der Waals surface area contributed by atoms with Crippen LogP contribution in [0.1, 0.15) is 37.3 Å². The van der Waals surface area contributed by atoms with Crippen LogP contribution in [0.25, 0.3) is 0 Å². The van der Waals surface area contributed by atoms with Crippen LogP contribution in [-0.4, -0.2) is 52.4 Å². The molecule has 1 atom stereocenters. The van der Waals surface area contributed by atoms with Gasteiger partial charge < -0.3 is 15.4 Å². The Bertz CT molecular complexity index is 594. The number of morpholine rings is 1. The number of nitrogens with two attached hydrogens (primary N) is 1. The van der Waals surface area contributed by atoms with E-state index in [1.165, 1.54) is 12.8 Å². The van der Waals surface area contributed by atoms with E-state index in [4.69, 9.17) is 10.5 Å². The summed E-state index contributed by atoms with van der Waals surface area (Å²) < 4.78 is 7.19. The molecular formula is C15H23N5O3. The largest absolute Gasteiger partial charge is 0.367 e. The zero-order chi connectivity index (χ0) is 16.4. The fraction of sp³-hybridized carbons (Fsp3) is 0.667. The van der Waals surface area contributed by atoms with Crippen molar-refractivity contribution in [3.63, 3.8) is 0 Å². The van der Waals surface area contributed by atoms with Crippen LogP contribution in [0.5, 0.6) is 0 Å². The lowest BCUT2D eigenvalue weighted by Crippen LogP contribution is -2.51. The number of ether oxygens (including phenoxy) is 1. The van der Waals surface area contributed by atoms with Crippen LogP contribution in [-0.2, 0) is 9.53 Å². The topological polar surface area (TPSA) is 102 Å². The van der Waals surface area contributed by atoms with Crippen molar-refractivity contribution in [2.24, 2.45) is 5.73 Å². The highest BCUT2D eigenvalue weighted by Crippen LogP contribution is 2.32. The molecule has 1 aliphatic heterocycles. The number of urea groups is 1. The van der Waals surface area contributed by atoms with Crippen molar-refractivity contribution in [3.8, 4) is 0 Å². The lowest BCUT2D eigenvalue weighted by Gasteiger charge is -2.31. The molecule has 8 nitrogen and oxygen atoms in total. The second kappa shape index (κ2) is 6.57. The van der Waals surface area contributed by atoms with Crippen molar-refractivity contribution in [3.05, 3.63) is 11.8 Å². The van der Waals surface area contributed by atoms with E-state index < -0.39 is 12.0 Å². The zero-order valence-corrected chi connectivity index (χ0v) is 13.3. The number of amides is 3. The van der Waals surface area contributed by atoms with Gasteiger partial charge in [-0.25, -0.2) is 9.48 Å². The van der Waals surface area contributed by atoms with Crippen LogP contribution in [0.15, 0.2) is 6.20 Å². The number of nitrogens with one attached hydrogen (secondary N) is 1. The molecule has 0 radical (unpaired) electrons. The van der Waals surface area contributed by atoms with E-state index >= 15 is 0 Å². The van der Waals surface area contributed by atoms with Crippen LogP contribution in [0.4, 0.5) is 10.6 Å². The molecule has 2 heterocycles. The highest BCUT2D eigenvalue weighted by atomic mass is 16.5. The summed E-state index contributed by atoms with van der Waals surface area (Å²) in [4.78, 5) is 25.3. The van der Waals surface area contributed by atoms with Crippen LogP contribution >= 0.6 is 0 Å². The van der Waals surface area contributed by atoms with Gasteiger partial charge in [0, 0.05) is 12.1 Å². The van der Waals surface area contributed by atoms with E-state index in [2.05, 4.69) is 10.4 Å². The Kier molecular flexibility index (Phi) is 4.51. The number of aryl methyl sites for hydroxylation is 1. The van der Waals surface area contributed by atoms with Crippen LogP contribution in [0.3, 0.4) is 0 Å². The lowest BCUT2D eigenvalue weighted by molar-refractivity contribution is -0.133. The summed E-state index contributed by atoms with van der Waals surface area (Å²) in [5, 5.41) is 7.37. The maximum absolute atomic E-state index is 12.5. The summed E-state index contributed by atoms with van der Waals surface area (Å²) in [7, 11) is 0. The third-order valence-electron chi connectivity index (χ3n) is 4.55. The molecule has 126 valence electrons. The smallest absolute Gasteiger partial charge is 0.323 e. The summed E-state index contributed by atoms with van der Waals surface area (Å²) in [6, 6.07) is 0.101. The van der Waals surface area contributed by atoms with E-state index in [9.17, 15) is 9.59 Å². The molecule has 2 aliphatic rings. The Morgan fingerprint density at radius 2 is 2.13 bits per heavy atom. The lowest BCUT2D eigenvalue weighted by atomic mass is 10.2. The highest BCUT2D eigenvalue weighted by molar-refractivity contribution is 5.90. The minimum atomic E-state index is -0.740. The van der Waals surface area contributed by atoms with Crippen molar-refractivity contribution in [1.82, 2.24) is 14.7 Å². The first-order valence-corrected chi connectivity index (χ1v) is 8.07. The van der Waals surface area contributed by atoms with Gasteiger partial charge in [0.1, 0.15) is 5.82 Å². The van der Waals surface area contributed by atoms with Gasteiger partial charge in [-0.05, 0) is 19.8 Å².